The van der Waals surface area contributed by atoms with Gasteiger partial charge in [0.2, 0.25) is 0 Å². The van der Waals surface area contributed by atoms with Gasteiger partial charge in [0.1, 0.15) is 6.54 Å². The number of allylic oxidation sites excluding steroid dienone is 4. The van der Waals surface area contributed by atoms with Crippen molar-refractivity contribution >= 4 is 11.6 Å². The standard InChI is InChI=1S/C44H84NO5/c1-6-8-10-12-14-16-18-20-22-24-26-28-30-32-34-36-41(47)43(50-39-38-45(3,4)5)44(49,40-46)42(48)37-35-33-31-29-27-25-23-21-19-17-15-13-11-9-7-2/h20-23,43,46,49H,6-19,24-40H2,1-5H3/q+1/b22-20-,23-21-. The zero-order valence-electron chi connectivity index (χ0n) is 33.9. The van der Waals surface area contributed by atoms with Crippen LogP contribution in [0.3, 0.4) is 0 Å². The van der Waals surface area contributed by atoms with E-state index < -0.39 is 24.1 Å². The molecule has 0 radical (unpaired) electrons. The molecule has 2 unspecified atom stereocenters. The molecule has 0 rings (SSSR count). The molecule has 0 aliphatic carbocycles. The van der Waals surface area contributed by atoms with Gasteiger partial charge in [0.25, 0.3) is 0 Å². The van der Waals surface area contributed by atoms with E-state index in [1.807, 2.05) is 21.1 Å². The monoisotopic (exact) mass is 707 g/mol. The molecular formula is C44H84NO5+. The van der Waals surface area contributed by atoms with Crippen molar-refractivity contribution in [2.75, 3.05) is 40.9 Å². The summed E-state index contributed by atoms with van der Waals surface area (Å²) in [4.78, 5) is 26.7. The number of hydrogen-bond donors (Lipinski definition) is 2. The van der Waals surface area contributed by atoms with Crippen LogP contribution in [0, 0.1) is 0 Å². The maximum Gasteiger partial charge on any atom is 0.179 e. The third-order valence-corrected chi connectivity index (χ3v) is 9.85. The number of carbonyl (C=O) groups excluding carboxylic acids is 2. The highest BCUT2D eigenvalue weighted by molar-refractivity contribution is 5.96. The number of nitrogens with zero attached hydrogens (tertiary/aromatic N) is 1. The Kier molecular flexibility index (Phi) is 32.6. The Hall–Kier alpha value is -1.34. The van der Waals surface area contributed by atoms with Gasteiger partial charge in [0, 0.05) is 12.8 Å². The number of hydrogen-bond acceptors (Lipinski definition) is 5. The topological polar surface area (TPSA) is 83.8 Å². The lowest BCUT2D eigenvalue weighted by molar-refractivity contribution is -0.870. The molecule has 0 aliphatic heterocycles. The molecule has 0 saturated heterocycles. The predicted molar refractivity (Wildman–Crippen MR) is 214 cm³/mol. The second kappa shape index (κ2) is 33.5. The van der Waals surface area contributed by atoms with E-state index >= 15 is 0 Å². The molecule has 6 nitrogen and oxygen atoms in total. The minimum Gasteiger partial charge on any atom is -0.393 e. The van der Waals surface area contributed by atoms with Crippen LogP contribution in [0.1, 0.15) is 194 Å². The van der Waals surface area contributed by atoms with Crippen LogP contribution in [0.25, 0.3) is 0 Å². The van der Waals surface area contributed by atoms with Gasteiger partial charge in [-0.15, -0.1) is 0 Å². The average Bonchev–Trinajstić information content (AvgIpc) is 3.09. The fourth-order valence-corrected chi connectivity index (χ4v) is 6.33. The first-order valence-corrected chi connectivity index (χ1v) is 21.2. The second-order valence-corrected chi connectivity index (χ2v) is 15.9. The number of aliphatic hydroxyl groups is 2. The largest absolute Gasteiger partial charge is 0.393 e. The molecule has 0 aliphatic rings. The molecular weight excluding hydrogens is 622 g/mol. The molecule has 0 aromatic rings. The molecule has 294 valence electrons. The summed E-state index contributed by atoms with van der Waals surface area (Å²) in [5.41, 5.74) is -2.19. The molecule has 6 heteroatoms. The minimum absolute atomic E-state index is 0.144. The van der Waals surface area contributed by atoms with Gasteiger partial charge in [-0.05, 0) is 64.2 Å². The van der Waals surface area contributed by atoms with E-state index in [-0.39, 0.29) is 25.2 Å². The fourth-order valence-electron chi connectivity index (χ4n) is 6.33. The van der Waals surface area contributed by atoms with Gasteiger partial charge in [-0.1, -0.05) is 141 Å². The van der Waals surface area contributed by atoms with Gasteiger partial charge in [0.05, 0.1) is 34.4 Å². The van der Waals surface area contributed by atoms with E-state index in [9.17, 15) is 19.8 Å². The van der Waals surface area contributed by atoms with Crippen molar-refractivity contribution in [3.63, 3.8) is 0 Å². The number of carbonyl (C=O) groups is 2. The Bertz CT molecular complexity index is 848. The summed E-state index contributed by atoms with van der Waals surface area (Å²) in [5, 5.41) is 21.7. The van der Waals surface area contributed by atoms with Crippen molar-refractivity contribution in [2.24, 2.45) is 0 Å². The molecule has 0 heterocycles. The van der Waals surface area contributed by atoms with Crippen LogP contribution in [0.4, 0.5) is 0 Å². The highest BCUT2D eigenvalue weighted by Crippen LogP contribution is 2.23. The number of aliphatic hydroxyl groups excluding tert-OH is 1. The Morgan fingerprint density at radius 2 is 0.940 bits per heavy atom. The lowest BCUT2D eigenvalue weighted by atomic mass is 9.85. The Morgan fingerprint density at radius 1 is 0.580 bits per heavy atom. The van der Waals surface area contributed by atoms with E-state index in [2.05, 4.69) is 38.2 Å². The number of rotatable bonds is 38. The van der Waals surface area contributed by atoms with E-state index in [0.717, 1.165) is 64.2 Å². The van der Waals surface area contributed by atoms with Crippen LogP contribution in [0.15, 0.2) is 24.3 Å². The van der Waals surface area contributed by atoms with Crippen molar-refractivity contribution in [1.29, 1.82) is 0 Å². The van der Waals surface area contributed by atoms with Crippen LogP contribution < -0.4 is 0 Å². The number of ether oxygens (including phenoxy) is 1. The zero-order valence-corrected chi connectivity index (χ0v) is 33.9. The summed E-state index contributed by atoms with van der Waals surface area (Å²) in [6.07, 6.45) is 38.8. The highest BCUT2D eigenvalue weighted by Gasteiger charge is 2.47. The predicted octanol–water partition coefficient (Wildman–Crippen LogP) is 11.0. The van der Waals surface area contributed by atoms with E-state index in [1.165, 1.54) is 89.9 Å². The number of Topliss-reactive ketones (excluding diaryl/α,β-unsaturated/α-hetero) is 2. The summed E-state index contributed by atoms with van der Waals surface area (Å²) in [7, 11) is 6.09. The molecule has 0 spiro atoms. The van der Waals surface area contributed by atoms with E-state index in [4.69, 9.17) is 4.74 Å². The van der Waals surface area contributed by atoms with Crippen LogP contribution in [-0.2, 0) is 14.3 Å². The number of quaternary nitrogens is 1. The Labute approximate surface area is 310 Å². The molecule has 2 atom stereocenters. The van der Waals surface area contributed by atoms with Gasteiger partial charge in [-0.3, -0.25) is 9.59 Å². The van der Waals surface area contributed by atoms with Crippen molar-refractivity contribution in [3.05, 3.63) is 24.3 Å². The molecule has 0 amide bonds. The van der Waals surface area contributed by atoms with Crippen LogP contribution in [-0.4, -0.2) is 78.9 Å². The molecule has 50 heavy (non-hydrogen) atoms. The Morgan fingerprint density at radius 3 is 1.32 bits per heavy atom. The number of likely N-dealkylation sites (N-methyl/N-ethyl adjacent to an activating group) is 1. The van der Waals surface area contributed by atoms with Gasteiger partial charge in [-0.2, -0.15) is 0 Å². The number of unbranched alkanes of at least 4 members (excludes halogenated alkanes) is 22. The SMILES string of the molecule is CCCCCCCC/C=C\CCCCCCCC(=O)C(OCC[N+](C)(C)C)C(O)(CO)C(=O)CCCCCCC/C=C\CCCCCCCC. The van der Waals surface area contributed by atoms with Crippen LogP contribution in [0.2, 0.25) is 0 Å². The quantitative estimate of drug-likeness (QED) is 0.0379. The van der Waals surface area contributed by atoms with Crippen molar-refractivity contribution in [1.82, 2.24) is 0 Å². The first-order chi connectivity index (χ1) is 24.1. The molecule has 2 N–H and O–H groups in total. The zero-order chi connectivity index (χ0) is 37.2. The molecule has 0 aromatic carbocycles. The third-order valence-electron chi connectivity index (χ3n) is 9.85. The smallest absolute Gasteiger partial charge is 0.179 e. The van der Waals surface area contributed by atoms with Gasteiger partial charge < -0.3 is 19.4 Å². The van der Waals surface area contributed by atoms with Crippen molar-refractivity contribution < 1.29 is 29.0 Å². The molecule has 0 bridgehead atoms. The minimum atomic E-state index is -2.19. The summed E-state index contributed by atoms with van der Waals surface area (Å²) in [6, 6.07) is 0. The molecule has 0 fully saturated rings. The fraction of sp³-hybridized carbons (Fsp3) is 0.864. The summed E-state index contributed by atoms with van der Waals surface area (Å²) in [6.45, 7) is 4.57. The summed E-state index contributed by atoms with van der Waals surface area (Å²) in [5.74, 6) is -0.760. The highest BCUT2D eigenvalue weighted by atomic mass is 16.5. The van der Waals surface area contributed by atoms with Gasteiger partial charge in [0.15, 0.2) is 23.3 Å². The summed E-state index contributed by atoms with van der Waals surface area (Å²) >= 11 is 0. The normalized spacial score (nSPS) is 14.1. The van der Waals surface area contributed by atoms with Crippen LogP contribution >= 0.6 is 0 Å². The van der Waals surface area contributed by atoms with Gasteiger partial charge >= 0.3 is 0 Å². The van der Waals surface area contributed by atoms with Crippen molar-refractivity contribution in [2.45, 2.75) is 205 Å². The van der Waals surface area contributed by atoms with E-state index in [1.54, 1.807) is 0 Å². The lowest BCUT2D eigenvalue weighted by Gasteiger charge is -2.33. The lowest BCUT2D eigenvalue weighted by Crippen LogP contribution is -2.57. The number of ketones is 2. The van der Waals surface area contributed by atoms with Gasteiger partial charge in [-0.25, -0.2) is 0 Å². The van der Waals surface area contributed by atoms with Crippen LogP contribution in [0.5, 0.6) is 0 Å². The molecule has 0 saturated carbocycles. The second-order valence-electron chi connectivity index (χ2n) is 15.9. The maximum absolute atomic E-state index is 13.4. The first-order valence-electron chi connectivity index (χ1n) is 21.2. The maximum atomic E-state index is 13.4. The Balaban J connectivity index is 4.50. The van der Waals surface area contributed by atoms with Crippen molar-refractivity contribution in [3.8, 4) is 0 Å². The first kappa shape index (κ1) is 48.7. The molecule has 0 aromatic heterocycles. The third kappa shape index (κ3) is 28.3. The average molecular weight is 707 g/mol. The summed E-state index contributed by atoms with van der Waals surface area (Å²) < 4.78 is 6.58. The van der Waals surface area contributed by atoms with E-state index in [0.29, 0.717) is 23.9 Å².